The zero-order valence-electron chi connectivity index (χ0n) is 11.6. The zero-order valence-corrected chi connectivity index (χ0v) is 11.6. The second-order valence-electron chi connectivity index (χ2n) is 6.52. The van der Waals surface area contributed by atoms with E-state index in [1.54, 1.807) is 18.2 Å². The van der Waals surface area contributed by atoms with E-state index in [4.69, 9.17) is 0 Å². The molecule has 2 rings (SSSR count). The Morgan fingerprint density at radius 3 is 2.32 bits per heavy atom. The van der Waals surface area contributed by atoms with E-state index < -0.39 is 11.4 Å². The minimum Gasteiger partial charge on any atom is -0.481 e. The lowest BCUT2D eigenvalue weighted by molar-refractivity contribution is -0.152. The first-order chi connectivity index (χ1) is 8.85. The van der Waals surface area contributed by atoms with Gasteiger partial charge in [0.25, 0.3) is 0 Å². The van der Waals surface area contributed by atoms with Crippen LogP contribution in [0.3, 0.4) is 0 Å². The minimum absolute atomic E-state index is 0.203. The van der Waals surface area contributed by atoms with Crippen LogP contribution in [-0.2, 0) is 11.2 Å². The summed E-state index contributed by atoms with van der Waals surface area (Å²) in [4.78, 5) is 11.7. The minimum atomic E-state index is -0.794. The smallest absolute Gasteiger partial charge is 0.309 e. The molecule has 3 heteroatoms. The van der Waals surface area contributed by atoms with Crippen LogP contribution in [0.4, 0.5) is 4.39 Å². The van der Waals surface area contributed by atoms with E-state index in [1.165, 1.54) is 6.07 Å². The first-order valence-electron chi connectivity index (χ1n) is 6.82. The fourth-order valence-electron chi connectivity index (χ4n) is 2.88. The molecule has 19 heavy (non-hydrogen) atoms. The number of carboxylic acid groups (broad SMARTS) is 1. The van der Waals surface area contributed by atoms with E-state index in [1.807, 2.05) is 0 Å². The fourth-order valence-corrected chi connectivity index (χ4v) is 2.88. The van der Waals surface area contributed by atoms with Crippen molar-refractivity contribution >= 4 is 5.97 Å². The average molecular weight is 264 g/mol. The van der Waals surface area contributed by atoms with E-state index in [0.717, 1.165) is 12.8 Å². The lowest BCUT2D eigenvalue weighted by Crippen LogP contribution is -2.39. The molecule has 1 aliphatic rings. The number of carbonyl (C=O) groups is 1. The summed E-state index contributed by atoms with van der Waals surface area (Å²) in [5.74, 6) is -1.08. The predicted molar refractivity (Wildman–Crippen MR) is 72.4 cm³/mol. The number of carboxylic acids is 1. The van der Waals surface area contributed by atoms with Crippen molar-refractivity contribution in [3.05, 3.63) is 35.6 Å². The van der Waals surface area contributed by atoms with Crippen LogP contribution in [0.2, 0.25) is 0 Å². The van der Waals surface area contributed by atoms with Gasteiger partial charge in [0.15, 0.2) is 0 Å². The molecule has 0 aromatic heterocycles. The van der Waals surface area contributed by atoms with Crippen LogP contribution < -0.4 is 0 Å². The molecule has 1 aromatic carbocycles. The normalized spacial score (nSPS) is 21.0. The lowest BCUT2D eigenvalue weighted by Gasteiger charge is -2.41. The van der Waals surface area contributed by atoms with Gasteiger partial charge in [0.1, 0.15) is 5.82 Å². The van der Waals surface area contributed by atoms with Crippen molar-refractivity contribution in [2.24, 2.45) is 10.8 Å². The Balaban J connectivity index is 2.23. The standard InChI is InChI=1S/C16H21FO2/c1-15(2)7-9-16(10-8-15,14(18)19)11-12-5-3-4-6-13(12)17/h3-6H,7-11H2,1-2H3,(H,18,19). The highest BCUT2D eigenvalue weighted by molar-refractivity contribution is 5.75. The third-order valence-electron chi connectivity index (χ3n) is 4.50. The molecule has 0 heterocycles. The van der Waals surface area contributed by atoms with E-state index in [9.17, 15) is 14.3 Å². The van der Waals surface area contributed by atoms with Gasteiger partial charge in [-0.1, -0.05) is 32.0 Å². The second-order valence-corrected chi connectivity index (χ2v) is 6.52. The third kappa shape index (κ3) is 2.96. The number of aliphatic carboxylic acids is 1. The van der Waals surface area contributed by atoms with Gasteiger partial charge in [0, 0.05) is 0 Å². The van der Waals surface area contributed by atoms with Gasteiger partial charge in [-0.3, -0.25) is 4.79 Å². The average Bonchev–Trinajstić information content (AvgIpc) is 2.34. The quantitative estimate of drug-likeness (QED) is 0.894. The maximum absolute atomic E-state index is 13.7. The van der Waals surface area contributed by atoms with Crippen molar-refractivity contribution in [2.45, 2.75) is 46.0 Å². The van der Waals surface area contributed by atoms with Crippen LogP contribution in [-0.4, -0.2) is 11.1 Å². The van der Waals surface area contributed by atoms with Crippen molar-refractivity contribution in [2.75, 3.05) is 0 Å². The maximum atomic E-state index is 13.7. The number of hydrogen-bond donors (Lipinski definition) is 1. The Hall–Kier alpha value is -1.38. The molecule has 0 unspecified atom stereocenters. The second kappa shape index (κ2) is 4.95. The van der Waals surface area contributed by atoms with Gasteiger partial charge in [-0.25, -0.2) is 4.39 Å². The molecule has 1 saturated carbocycles. The molecule has 0 amide bonds. The highest BCUT2D eigenvalue weighted by Crippen LogP contribution is 2.47. The van der Waals surface area contributed by atoms with Crippen molar-refractivity contribution in [3.8, 4) is 0 Å². The summed E-state index contributed by atoms with van der Waals surface area (Å²) in [6, 6.07) is 6.49. The molecule has 0 spiro atoms. The molecule has 0 radical (unpaired) electrons. The molecular formula is C16H21FO2. The molecule has 1 N–H and O–H groups in total. The topological polar surface area (TPSA) is 37.3 Å². The molecule has 1 fully saturated rings. The first kappa shape index (κ1) is 14.0. The zero-order chi connectivity index (χ0) is 14.1. The summed E-state index contributed by atoms with van der Waals surface area (Å²) in [6.07, 6.45) is 3.32. The molecule has 1 aliphatic carbocycles. The Morgan fingerprint density at radius 2 is 1.79 bits per heavy atom. The van der Waals surface area contributed by atoms with Crippen molar-refractivity contribution in [1.82, 2.24) is 0 Å². The van der Waals surface area contributed by atoms with Gasteiger partial charge < -0.3 is 5.11 Å². The summed E-state index contributed by atoms with van der Waals surface area (Å²) < 4.78 is 13.7. The molecule has 1 aromatic rings. The number of halogens is 1. The molecule has 0 aliphatic heterocycles. The molecule has 104 valence electrons. The SMILES string of the molecule is CC1(C)CCC(Cc2ccccc2F)(C(=O)O)CC1. The van der Waals surface area contributed by atoms with Crippen molar-refractivity contribution in [1.29, 1.82) is 0 Å². The molecular weight excluding hydrogens is 243 g/mol. The van der Waals surface area contributed by atoms with Gasteiger partial charge in [-0.2, -0.15) is 0 Å². The highest BCUT2D eigenvalue weighted by Gasteiger charge is 2.44. The Bertz CT molecular complexity index is 469. The third-order valence-corrected chi connectivity index (χ3v) is 4.50. The molecule has 2 nitrogen and oxygen atoms in total. The predicted octanol–water partition coefficient (Wildman–Crippen LogP) is 4.04. The Kier molecular flexibility index (Phi) is 3.66. The summed E-state index contributed by atoms with van der Waals surface area (Å²) in [6.45, 7) is 4.34. The summed E-state index contributed by atoms with van der Waals surface area (Å²) in [5, 5.41) is 9.59. The summed E-state index contributed by atoms with van der Waals surface area (Å²) in [7, 11) is 0. The first-order valence-corrected chi connectivity index (χ1v) is 6.82. The monoisotopic (exact) mass is 264 g/mol. The fraction of sp³-hybridized carbons (Fsp3) is 0.562. The van der Waals surface area contributed by atoms with Crippen LogP contribution in [0.1, 0.15) is 45.1 Å². The maximum Gasteiger partial charge on any atom is 0.309 e. The lowest BCUT2D eigenvalue weighted by atomic mass is 9.63. The van der Waals surface area contributed by atoms with Crippen molar-refractivity contribution in [3.63, 3.8) is 0 Å². The summed E-state index contributed by atoms with van der Waals surface area (Å²) >= 11 is 0. The Labute approximate surface area is 113 Å². The molecule has 0 saturated heterocycles. The highest BCUT2D eigenvalue weighted by atomic mass is 19.1. The largest absolute Gasteiger partial charge is 0.481 e. The molecule has 0 bridgehead atoms. The Morgan fingerprint density at radius 1 is 1.21 bits per heavy atom. The van der Waals surface area contributed by atoms with Gasteiger partial charge >= 0.3 is 5.97 Å². The van der Waals surface area contributed by atoms with Gasteiger partial charge in [-0.05, 0) is 49.1 Å². The van der Waals surface area contributed by atoms with Crippen LogP contribution >= 0.6 is 0 Å². The van der Waals surface area contributed by atoms with E-state index in [0.29, 0.717) is 24.8 Å². The van der Waals surface area contributed by atoms with E-state index >= 15 is 0 Å². The number of rotatable bonds is 3. The van der Waals surface area contributed by atoms with Crippen molar-refractivity contribution < 1.29 is 14.3 Å². The number of benzene rings is 1. The van der Waals surface area contributed by atoms with Crippen LogP contribution in [0.15, 0.2) is 24.3 Å². The summed E-state index contributed by atoms with van der Waals surface area (Å²) in [5.41, 5.74) is -0.0732. The van der Waals surface area contributed by atoms with Gasteiger partial charge in [-0.15, -0.1) is 0 Å². The van der Waals surface area contributed by atoms with Gasteiger partial charge in [0.05, 0.1) is 5.41 Å². The van der Waals surface area contributed by atoms with Crippen LogP contribution in [0, 0.1) is 16.6 Å². The van der Waals surface area contributed by atoms with E-state index in [-0.39, 0.29) is 11.2 Å². The number of hydrogen-bond acceptors (Lipinski definition) is 1. The van der Waals surface area contributed by atoms with Crippen LogP contribution in [0.5, 0.6) is 0 Å². The van der Waals surface area contributed by atoms with E-state index in [2.05, 4.69) is 13.8 Å². The van der Waals surface area contributed by atoms with Crippen LogP contribution in [0.25, 0.3) is 0 Å². The molecule has 0 atom stereocenters. The van der Waals surface area contributed by atoms with Gasteiger partial charge in [0.2, 0.25) is 0 Å².